The van der Waals surface area contributed by atoms with Gasteiger partial charge in [0.1, 0.15) is 5.75 Å². The van der Waals surface area contributed by atoms with E-state index in [4.69, 9.17) is 5.11 Å². The Morgan fingerprint density at radius 2 is 1.95 bits per heavy atom. The van der Waals surface area contributed by atoms with Gasteiger partial charge in [0.15, 0.2) is 0 Å². The predicted octanol–water partition coefficient (Wildman–Crippen LogP) is 2.40. The molecule has 0 saturated carbocycles. The monoisotopic (exact) mass is 279 g/mol. The molecule has 5 heteroatoms. The van der Waals surface area contributed by atoms with Crippen molar-refractivity contribution in [3.05, 3.63) is 29.8 Å². The van der Waals surface area contributed by atoms with Crippen LogP contribution in [0.3, 0.4) is 0 Å². The molecule has 0 bridgehead atoms. The number of phenolic OH excluding ortho intramolecular Hbond substituents is 1. The molecule has 0 radical (unpaired) electrons. The van der Waals surface area contributed by atoms with Gasteiger partial charge >= 0.3 is 5.97 Å². The molecule has 0 aliphatic heterocycles. The third kappa shape index (κ3) is 5.73. The third-order valence-electron chi connectivity index (χ3n) is 3.21. The summed E-state index contributed by atoms with van der Waals surface area (Å²) in [5.74, 6) is -0.990. The largest absolute Gasteiger partial charge is 0.508 e. The van der Waals surface area contributed by atoms with E-state index in [0.717, 1.165) is 0 Å². The molecular formula is C15H21NO4. The first-order valence-electron chi connectivity index (χ1n) is 6.59. The normalized spacial score (nSPS) is 11.1. The lowest BCUT2D eigenvalue weighted by atomic mass is 9.84. The molecule has 0 aromatic heterocycles. The first-order chi connectivity index (χ1) is 9.30. The van der Waals surface area contributed by atoms with Gasteiger partial charge in [0.2, 0.25) is 0 Å². The number of carbonyl (C=O) groups is 2. The molecule has 110 valence electrons. The fraction of sp³-hybridized carbons (Fsp3) is 0.467. The number of rotatable bonds is 7. The van der Waals surface area contributed by atoms with Crippen LogP contribution >= 0.6 is 0 Å². The third-order valence-corrected chi connectivity index (χ3v) is 3.21. The zero-order chi connectivity index (χ0) is 15.2. The van der Waals surface area contributed by atoms with E-state index in [1.165, 1.54) is 12.1 Å². The number of carboxylic acid groups (broad SMARTS) is 1. The van der Waals surface area contributed by atoms with Gasteiger partial charge in [-0.05, 0) is 36.5 Å². The fourth-order valence-electron chi connectivity index (χ4n) is 1.83. The van der Waals surface area contributed by atoms with Crippen molar-refractivity contribution in [2.24, 2.45) is 5.41 Å². The second-order valence-corrected chi connectivity index (χ2v) is 5.61. The average molecular weight is 279 g/mol. The highest BCUT2D eigenvalue weighted by molar-refractivity contribution is 5.94. The second-order valence-electron chi connectivity index (χ2n) is 5.61. The van der Waals surface area contributed by atoms with Crippen LogP contribution in [0.1, 0.15) is 43.5 Å². The lowest BCUT2D eigenvalue weighted by Gasteiger charge is -2.23. The van der Waals surface area contributed by atoms with Gasteiger partial charge < -0.3 is 15.5 Å². The summed E-state index contributed by atoms with van der Waals surface area (Å²) in [7, 11) is 0. The van der Waals surface area contributed by atoms with Crippen LogP contribution in [-0.4, -0.2) is 28.6 Å². The van der Waals surface area contributed by atoms with E-state index in [2.05, 4.69) is 5.32 Å². The van der Waals surface area contributed by atoms with Crippen LogP contribution in [0.15, 0.2) is 24.3 Å². The van der Waals surface area contributed by atoms with Gasteiger partial charge in [0, 0.05) is 18.5 Å². The fourth-order valence-corrected chi connectivity index (χ4v) is 1.83. The Labute approximate surface area is 118 Å². The maximum atomic E-state index is 11.8. The maximum absolute atomic E-state index is 11.8. The van der Waals surface area contributed by atoms with Gasteiger partial charge in [0.25, 0.3) is 5.91 Å². The molecular weight excluding hydrogens is 258 g/mol. The second kappa shape index (κ2) is 6.93. The molecule has 0 fully saturated rings. The summed E-state index contributed by atoms with van der Waals surface area (Å²) < 4.78 is 0. The average Bonchev–Trinajstić information content (AvgIpc) is 2.36. The molecule has 1 amide bonds. The zero-order valence-electron chi connectivity index (χ0n) is 11.8. The first-order valence-corrected chi connectivity index (χ1v) is 6.59. The van der Waals surface area contributed by atoms with Crippen molar-refractivity contribution in [3.8, 4) is 5.75 Å². The van der Waals surface area contributed by atoms with Crippen molar-refractivity contribution < 1.29 is 19.8 Å². The summed E-state index contributed by atoms with van der Waals surface area (Å²) in [6.45, 7) is 4.44. The minimum atomic E-state index is -0.804. The van der Waals surface area contributed by atoms with E-state index < -0.39 is 5.97 Å². The molecule has 1 aromatic carbocycles. The molecule has 0 spiro atoms. The topological polar surface area (TPSA) is 86.6 Å². The Morgan fingerprint density at radius 3 is 2.55 bits per heavy atom. The molecule has 0 aliphatic carbocycles. The van der Waals surface area contributed by atoms with Crippen LogP contribution in [0.2, 0.25) is 0 Å². The van der Waals surface area contributed by atoms with Crippen molar-refractivity contribution in [1.82, 2.24) is 5.32 Å². The van der Waals surface area contributed by atoms with E-state index in [-0.39, 0.29) is 23.5 Å². The van der Waals surface area contributed by atoms with Crippen LogP contribution in [0, 0.1) is 5.41 Å². The smallest absolute Gasteiger partial charge is 0.303 e. The number of aliphatic carboxylic acids is 1. The van der Waals surface area contributed by atoms with Crippen molar-refractivity contribution in [1.29, 1.82) is 0 Å². The molecule has 5 nitrogen and oxygen atoms in total. The number of carboxylic acids is 1. The minimum Gasteiger partial charge on any atom is -0.508 e. The predicted molar refractivity (Wildman–Crippen MR) is 75.7 cm³/mol. The summed E-state index contributed by atoms with van der Waals surface area (Å²) in [5, 5.41) is 20.7. The maximum Gasteiger partial charge on any atom is 0.303 e. The number of aromatic hydroxyl groups is 1. The van der Waals surface area contributed by atoms with Crippen LogP contribution in [0.25, 0.3) is 0 Å². The van der Waals surface area contributed by atoms with Gasteiger partial charge in [-0.3, -0.25) is 9.59 Å². The summed E-state index contributed by atoms with van der Waals surface area (Å²) in [5.41, 5.74) is 0.276. The van der Waals surface area contributed by atoms with Gasteiger partial charge in [-0.25, -0.2) is 0 Å². The van der Waals surface area contributed by atoms with E-state index in [0.29, 0.717) is 24.9 Å². The van der Waals surface area contributed by atoms with Crippen LogP contribution in [0.4, 0.5) is 0 Å². The van der Waals surface area contributed by atoms with E-state index in [1.54, 1.807) is 12.1 Å². The molecule has 0 aliphatic rings. The van der Waals surface area contributed by atoms with E-state index >= 15 is 0 Å². The molecule has 0 heterocycles. The number of hydrogen-bond acceptors (Lipinski definition) is 3. The Kier molecular flexibility index (Phi) is 5.55. The van der Waals surface area contributed by atoms with Crippen LogP contribution < -0.4 is 5.32 Å². The molecule has 0 unspecified atom stereocenters. The minimum absolute atomic E-state index is 0.0550. The lowest BCUT2D eigenvalue weighted by Crippen LogP contribution is -2.28. The number of phenols is 1. The SMILES string of the molecule is CC(C)(CCNC(=O)c1cccc(O)c1)CCC(=O)O. The Bertz CT molecular complexity index is 483. The quantitative estimate of drug-likeness (QED) is 0.715. The standard InChI is InChI=1S/C15H21NO4/c1-15(2,7-6-13(18)19)8-9-16-14(20)11-4-3-5-12(17)10-11/h3-5,10,17H,6-9H2,1-2H3,(H,16,20)(H,18,19). The number of benzene rings is 1. The summed E-state index contributed by atoms with van der Waals surface area (Å²) in [6.07, 6.45) is 1.41. The van der Waals surface area contributed by atoms with Gasteiger partial charge in [0.05, 0.1) is 0 Å². The Balaban J connectivity index is 2.40. The molecule has 20 heavy (non-hydrogen) atoms. The summed E-state index contributed by atoms with van der Waals surface area (Å²) >= 11 is 0. The van der Waals surface area contributed by atoms with Gasteiger partial charge in [-0.15, -0.1) is 0 Å². The summed E-state index contributed by atoms with van der Waals surface area (Å²) in [6, 6.07) is 6.16. The molecule has 1 aromatic rings. The van der Waals surface area contributed by atoms with Crippen molar-refractivity contribution in [2.45, 2.75) is 33.1 Å². The number of carbonyl (C=O) groups excluding carboxylic acids is 1. The Morgan fingerprint density at radius 1 is 1.25 bits per heavy atom. The zero-order valence-corrected chi connectivity index (χ0v) is 11.8. The van der Waals surface area contributed by atoms with Crippen molar-refractivity contribution in [3.63, 3.8) is 0 Å². The van der Waals surface area contributed by atoms with Crippen LogP contribution in [0.5, 0.6) is 5.75 Å². The molecule has 0 atom stereocenters. The number of hydrogen-bond donors (Lipinski definition) is 3. The highest BCUT2D eigenvalue weighted by Crippen LogP contribution is 2.26. The number of amides is 1. The van der Waals surface area contributed by atoms with E-state index in [1.807, 2.05) is 13.8 Å². The molecule has 3 N–H and O–H groups in total. The van der Waals surface area contributed by atoms with Crippen molar-refractivity contribution in [2.75, 3.05) is 6.54 Å². The lowest BCUT2D eigenvalue weighted by molar-refractivity contribution is -0.137. The van der Waals surface area contributed by atoms with Crippen LogP contribution in [-0.2, 0) is 4.79 Å². The molecule has 1 rings (SSSR count). The van der Waals surface area contributed by atoms with Crippen molar-refractivity contribution >= 4 is 11.9 Å². The van der Waals surface area contributed by atoms with E-state index in [9.17, 15) is 14.7 Å². The van der Waals surface area contributed by atoms with Gasteiger partial charge in [-0.2, -0.15) is 0 Å². The van der Waals surface area contributed by atoms with Gasteiger partial charge in [-0.1, -0.05) is 19.9 Å². The highest BCUT2D eigenvalue weighted by atomic mass is 16.4. The summed E-state index contributed by atoms with van der Waals surface area (Å²) in [4.78, 5) is 22.4. The first kappa shape index (κ1) is 16.0. The number of nitrogens with one attached hydrogen (secondary N) is 1. The highest BCUT2D eigenvalue weighted by Gasteiger charge is 2.19. The Hall–Kier alpha value is -2.04. The molecule has 0 saturated heterocycles.